The Labute approximate surface area is 123 Å². The summed E-state index contributed by atoms with van der Waals surface area (Å²) < 4.78 is 33.8. The van der Waals surface area contributed by atoms with E-state index in [4.69, 9.17) is 4.74 Å². The molecule has 0 aliphatic heterocycles. The van der Waals surface area contributed by atoms with Crippen molar-refractivity contribution in [3.63, 3.8) is 0 Å². The summed E-state index contributed by atoms with van der Waals surface area (Å²) in [6.45, 7) is 0.201. The van der Waals surface area contributed by atoms with Crippen molar-refractivity contribution in [2.75, 3.05) is 6.61 Å². The second-order valence-electron chi connectivity index (χ2n) is 3.79. The van der Waals surface area contributed by atoms with Gasteiger partial charge in [-0.15, -0.1) is 0 Å². The van der Waals surface area contributed by atoms with Crippen molar-refractivity contribution in [1.29, 1.82) is 0 Å². The Kier molecular flexibility index (Phi) is 6.06. The third-order valence-electron chi connectivity index (χ3n) is 2.34. The average molecular weight is 351 g/mol. The first-order valence-electron chi connectivity index (χ1n) is 5.81. The molecule has 4 nitrogen and oxygen atoms in total. The van der Waals surface area contributed by atoms with Crippen LogP contribution in [0.1, 0.15) is 34.6 Å². The number of rotatable bonds is 6. The SMILES string of the molecule is CCOC(=O)c1ccc(C(=O)C(C)Br)cc1OC(F)F. The summed E-state index contributed by atoms with van der Waals surface area (Å²) >= 11 is 3.09. The zero-order chi connectivity index (χ0) is 15.3. The maximum atomic E-state index is 12.4. The molecule has 0 saturated heterocycles. The quantitative estimate of drug-likeness (QED) is 0.448. The fourth-order valence-electron chi connectivity index (χ4n) is 1.48. The maximum Gasteiger partial charge on any atom is 0.387 e. The van der Waals surface area contributed by atoms with Crippen LogP contribution < -0.4 is 4.74 Å². The number of ketones is 1. The lowest BCUT2D eigenvalue weighted by molar-refractivity contribution is -0.0504. The van der Waals surface area contributed by atoms with E-state index in [0.29, 0.717) is 0 Å². The zero-order valence-corrected chi connectivity index (χ0v) is 12.4. The predicted octanol–water partition coefficient (Wildman–Crippen LogP) is 3.43. The molecule has 0 aliphatic carbocycles. The molecule has 110 valence electrons. The van der Waals surface area contributed by atoms with Crippen LogP contribution in [0.15, 0.2) is 18.2 Å². The van der Waals surface area contributed by atoms with Gasteiger partial charge in [-0.2, -0.15) is 8.78 Å². The van der Waals surface area contributed by atoms with Gasteiger partial charge in [-0.25, -0.2) is 4.79 Å². The third kappa shape index (κ3) is 4.26. The fourth-order valence-corrected chi connectivity index (χ4v) is 1.74. The number of Topliss-reactive ketones (excluding diaryl/α,β-unsaturated/α-hetero) is 1. The Balaban J connectivity index is 3.19. The van der Waals surface area contributed by atoms with Crippen molar-refractivity contribution in [1.82, 2.24) is 0 Å². The molecule has 0 radical (unpaired) electrons. The van der Waals surface area contributed by atoms with E-state index in [1.165, 1.54) is 12.1 Å². The van der Waals surface area contributed by atoms with Gasteiger partial charge in [0.25, 0.3) is 0 Å². The fraction of sp³-hybridized carbons (Fsp3) is 0.385. The standard InChI is InChI=1S/C13H13BrF2O4/c1-3-19-12(18)9-5-4-8(11(17)7(2)14)6-10(9)20-13(15)16/h4-7,13H,3H2,1-2H3. The Morgan fingerprint density at radius 3 is 2.50 bits per heavy atom. The molecule has 20 heavy (non-hydrogen) atoms. The van der Waals surface area contributed by atoms with Crippen LogP contribution >= 0.6 is 15.9 Å². The van der Waals surface area contributed by atoms with E-state index >= 15 is 0 Å². The van der Waals surface area contributed by atoms with E-state index in [0.717, 1.165) is 6.07 Å². The van der Waals surface area contributed by atoms with Gasteiger partial charge in [0.05, 0.1) is 11.4 Å². The smallest absolute Gasteiger partial charge is 0.387 e. The van der Waals surface area contributed by atoms with Crippen molar-refractivity contribution >= 4 is 27.7 Å². The molecule has 0 spiro atoms. The maximum absolute atomic E-state index is 12.4. The minimum atomic E-state index is -3.10. The van der Waals surface area contributed by atoms with Crippen molar-refractivity contribution in [3.05, 3.63) is 29.3 Å². The molecule has 0 saturated carbocycles. The predicted molar refractivity (Wildman–Crippen MR) is 71.8 cm³/mol. The largest absolute Gasteiger partial charge is 0.462 e. The Morgan fingerprint density at radius 1 is 1.35 bits per heavy atom. The molecule has 1 unspecified atom stereocenters. The van der Waals surface area contributed by atoms with Crippen LogP contribution in [-0.4, -0.2) is 29.8 Å². The van der Waals surface area contributed by atoms with E-state index in [1.807, 2.05) is 0 Å². The highest BCUT2D eigenvalue weighted by Gasteiger charge is 2.20. The Morgan fingerprint density at radius 2 is 2.00 bits per heavy atom. The highest BCUT2D eigenvalue weighted by atomic mass is 79.9. The van der Waals surface area contributed by atoms with Crippen LogP contribution in [0.5, 0.6) is 5.75 Å². The van der Waals surface area contributed by atoms with E-state index in [9.17, 15) is 18.4 Å². The second kappa shape index (κ2) is 7.33. The first kappa shape index (κ1) is 16.6. The molecule has 0 bridgehead atoms. The number of halogens is 3. The van der Waals surface area contributed by atoms with Gasteiger partial charge >= 0.3 is 12.6 Å². The number of hydrogen-bond donors (Lipinski definition) is 0. The minimum absolute atomic E-state index is 0.103. The van der Waals surface area contributed by atoms with Crippen LogP contribution in [0.25, 0.3) is 0 Å². The lowest BCUT2D eigenvalue weighted by Crippen LogP contribution is -2.14. The third-order valence-corrected chi connectivity index (χ3v) is 2.75. The highest BCUT2D eigenvalue weighted by Crippen LogP contribution is 2.25. The molecule has 0 heterocycles. The summed E-state index contributed by atoms with van der Waals surface area (Å²) in [5, 5.41) is 0. The number of ether oxygens (including phenoxy) is 2. The van der Waals surface area contributed by atoms with E-state index in [-0.39, 0.29) is 29.3 Å². The van der Waals surface area contributed by atoms with Crippen LogP contribution in [0.2, 0.25) is 0 Å². The van der Waals surface area contributed by atoms with Gasteiger partial charge < -0.3 is 9.47 Å². The summed E-state index contributed by atoms with van der Waals surface area (Å²) in [4.78, 5) is 22.9. The van der Waals surface area contributed by atoms with Gasteiger partial charge in [0.15, 0.2) is 5.78 Å². The summed E-state index contributed by atoms with van der Waals surface area (Å²) in [5.41, 5.74) is 0.0176. The second-order valence-corrected chi connectivity index (χ2v) is 5.16. The number of alkyl halides is 3. The van der Waals surface area contributed by atoms with Gasteiger partial charge in [-0.3, -0.25) is 4.79 Å². The lowest BCUT2D eigenvalue weighted by atomic mass is 10.1. The molecule has 1 rings (SSSR count). The normalized spacial score (nSPS) is 12.1. The summed E-state index contributed by atoms with van der Waals surface area (Å²) in [6, 6.07) is 3.71. The van der Waals surface area contributed by atoms with Crippen LogP contribution in [0.3, 0.4) is 0 Å². The molecule has 1 aromatic carbocycles. The van der Waals surface area contributed by atoms with Crippen molar-refractivity contribution < 1.29 is 27.8 Å². The molecule has 1 aromatic rings. The molecular formula is C13H13BrF2O4. The van der Waals surface area contributed by atoms with Gasteiger partial charge in [0.2, 0.25) is 0 Å². The van der Waals surface area contributed by atoms with Gasteiger partial charge in [-0.05, 0) is 26.0 Å². The number of carbonyl (C=O) groups is 2. The first-order chi connectivity index (χ1) is 9.36. The van der Waals surface area contributed by atoms with Crippen molar-refractivity contribution in [2.24, 2.45) is 0 Å². The van der Waals surface area contributed by atoms with Gasteiger partial charge in [0, 0.05) is 5.56 Å². The molecular weight excluding hydrogens is 338 g/mol. The molecule has 0 N–H and O–H groups in total. The van der Waals surface area contributed by atoms with E-state index in [1.54, 1.807) is 13.8 Å². The van der Waals surface area contributed by atoms with Crippen molar-refractivity contribution in [3.8, 4) is 5.75 Å². The Hall–Kier alpha value is -1.50. The summed E-state index contributed by atoms with van der Waals surface area (Å²) in [5.74, 6) is -1.47. The van der Waals surface area contributed by atoms with Crippen molar-refractivity contribution in [2.45, 2.75) is 25.3 Å². The zero-order valence-electron chi connectivity index (χ0n) is 10.9. The summed E-state index contributed by atoms with van der Waals surface area (Å²) in [7, 11) is 0. The average Bonchev–Trinajstić information content (AvgIpc) is 2.37. The molecule has 7 heteroatoms. The minimum Gasteiger partial charge on any atom is -0.462 e. The molecule has 0 fully saturated rings. The van der Waals surface area contributed by atoms with Gasteiger partial charge in [0.1, 0.15) is 11.3 Å². The first-order valence-corrected chi connectivity index (χ1v) is 6.72. The topological polar surface area (TPSA) is 52.6 Å². The molecule has 0 aromatic heterocycles. The number of esters is 1. The number of benzene rings is 1. The Bertz CT molecular complexity index is 503. The van der Waals surface area contributed by atoms with Crippen LogP contribution in [0.4, 0.5) is 8.78 Å². The van der Waals surface area contributed by atoms with Crippen LogP contribution in [-0.2, 0) is 4.74 Å². The van der Waals surface area contributed by atoms with Gasteiger partial charge in [-0.1, -0.05) is 22.0 Å². The van der Waals surface area contributed by atoms with E-state index < -0.39 is 17.4 Å². The summed E-state index contributed by atoms with van der Waals surface area (Å²) in [6.07, 6.45) is 0. The molecule has 0 aliphatic rings. The molecule has 0 amide bonds. The highest BCUT2D eigenvalue weighted by molar-refractivity contribution is 9.10. The van der Waals surface area contributed by atoms with Crippen LogP contribution in [0, 0.1) is 0 Å². The van der Waals surface area contributed by atoms with E-state index in [2.05, 4.69) is 20.7 Å². The number of carbonyl (C=O) groups excluding carboxylic acids is 2. The monoisotopic (exact) mass is 350 g/mol. The molecule has 1 atom stereocenters. The number of hydrogen-bond acceptors (Lipinski definition) is 4. The lowest BCUT2D eigenvalue weighted by Gasteiger charge is -2.12.